The minimum Gasteiger partial charge on any atom is -0.478 e. The Bertz CT molecular complexity index is 1600. The maximum Gasteiger partial charge on any atom is 0.256 e. The van der Waals surface area contributed by atoms with Crippen LogP contribution in [0, 0.1) is 18.8 Å². The molecule has 0 bridgehead atoms. The highest BCUT2D eigenvalue weighted by Crippen LogP contribution is 2.25. The van der Waals surface area contributed by atoms with Crippen molar-refractivity contribution in [2.45, 2.75) is 45.9 Å². The highest BCUT2D eigenvalue weighted by Gasteiger charge is 2.16. The summed E-state index contributed by atoms with van der Waals surface area (Å²) in [5.41, 5.74) is 4.53. The summed E-state index contributed by atoms with van der Waals surface area (Å²) in [4.78, 5) is 21.7. The van der Waals surface area contributed by atoms with Gasteiger partial charge in [0.25, 0.3) is 11.8 Å². The van der Waals surface area contributed by atoms with Crippen LogP contribution in [0.25, 0.3) is 0 Å². The number of hydrogen-bond acceptors (Lipinski definition) is 9. The summed E-state index contributed by atoms with van der Waals surface area (Å²) in [5, 5.41) is 26.9. The Kier molecular flexibility index (Phi) is 11.0. The van der Waals surface area contributed by atoms with E-state index in [-0.39, 0.29) is 5.91 Å². The molecule has 0 saturated heterocycles. The van der Waals surface area contributed by atoms with E-state index in [1.165, 1.54) is 7.11 Å². The van der Waals surface area contributed by atoms with Gasteiger partial charge in [0, 0.05) is 55.4 Å². The highest BCUT2D eigenvalue weighted by atomic mass is 16.5. The van der Waals surface area contributed by atoms with Gasteiger partial charge in [-0.05, 0) is 69.6 Å². The molecule has 230 valence electrons. The van der Waals surface area contributed by atoms with Crippen molar-refractivity contribution >= 4 is 23.2 Å². The molecule has 0 unspecified atom stereocenters. The van der Waals surface area contributed by atoms with Crippen molar-refractivity contribution in [2.24, 2.45) is 0 Å². The summed E-state index contributed by atoms with van der Waals surface area (Å²) >= 11 is 0. The molecule has 2 aromatic heterocycles. The molecule has 0 atom stereocenters. The molecule has 0 aliphatic carbocycles. The Morgan fingerprint density at radius 3 is 2.50 bits per heavy atom. The Hall–Kier alpha value is -4.76. The molecule has 5 N–H and O–H groups in total. The smallest absolute Gasteiger partial charge is 0.256 e. The third-order valence-electron chi connectivity index (χ3n) is 6.71. The summed E-state index contributed by atoms with van der Waals surface area (Å²) < 4.78 is 7.08. The first-order valence-corrected chi connectivity index (χ1v) is 14.4. The Morgan fingerprint density at radius 1 is 1.07 bits per heavy atom. The first-order chi connectivity index (χ1) is 21.1. The zero-order chi connectivity index (χ0) is 31.5. The maximum atomic E-state index is 13.0. The van der Waals surface area contributed by atoms with Gasteiger partial charge in [0.05, 0.1) is 24.5 Å². The summed E-state index contributed by atoms with van der Waals surface area (Å²) in [6, 6.07) is 13.3. The molecule has 11 nitrogen and oxygen atoms in total. The van der Waals surface area contributed by atoms with E-state index in [1.807, 2.05) is 44.3 Å². The van der Waals surface area contributed by atoms with Crippen LogP contribution in [0.3, 0.4) is 0 Å². The summed E-state index contributed by atoms with van der Waals surface area (Å²) in [7, 11) is 3.47. The Balaban J connectivity index is 1.37. The molecule has 0 radical (unpaired) electrons. The van der Waals surface area contributed by atoms with E-state index in [2.05, 4.69) is 48.2 Å². The third kappa shape index (κ3) is 9.64. The predicted octanol–water partition coefficient (Wildman–Crippen LogP) is 3.86. The number of hydrogen-bond donors (Lipinski definition) is 5. The van der Waals surface area contributed by atoms with Crippen molar-refractivity contribution in [3.05, 3.63) is 88.9 Å². The fourth-order valence-corrected chi connectivity index (χ4v) is 4.11. The topological polar surface area (TPSA) is 138 Å². The van der Waals surface area contributed by atoms with Crippen LogP contribution in [-0.4, -0.2) is 63.6 Å². The molecule has 0 aliphatic rings. The molecule has 44 heavy (non-hydrogen) atoms. The van der Waals surface area contributed by atoms with Gasteiger partial charge < -0.3 is 31.1 Å². The fraction of sp³-hybridized carbons (Fsp3) is 0.333. The van der Waals surface area contributed by atoms with Gasteiger partial charge in [-0.2, -0.15) is 0 Å². The lowest BCUT2D eigenvalue weighted by Crippen LogP contribution is -2.24. The van der Waals surface area contributed by atoms with E-state index < -0.39 is 5.60 Å². The number of anilines is 3. The first-order valence-electron chi connectivity index (χ1n) is 14.4. The van der Waals surface area contributed by atoms with Crippen molar-refractivity contribution in [1.82, 2.24) is 30.4 Å². The number of rotatable bonds is 13. The van der Waals surface area contributed by atoms with Crippen molar-refractivity contribution in [3.8, 4) is 17.7 Å². The van der Waals surface area contributed by atoms with E-state index in [0.717, 1.165) is 42.0 Å². The van der Waals surface area contributed by atoms with Gasteiger partial charge in [-0.15, -0.1) is 5.10 Å². The molecule has 0 spiro atoms. The number of carbonyl (C=O) groups is 1. The van der Waals surface area contributed by atoms with Gasteiger partial charge in [-0.25, -0.2) is 9.97 Å². The van der Waals surface area contributed by atoms with Gasteiger partial charge >= 0.3 is 0 Å². The second-order valence-electron chi connectivity index (χ2n) is 11.0. The number of nitrogens with zero attached hydrogens (tertiary/aromatic N) is 4. The lowest BCUT2D eigenvalue weighted by Gasteiger charge is -2.16. The monoisotopic (exact) mass is 596 g/mol. The average molecular weight is 597 g/mol. The number of aromatic nitrogens is 4. The minimum atomic E-state index is -0.796. The molecule has 2 heterocycles. The summed E-state index contributed by atoms with van der Waals surface area (Å²) in [6.45, 7) is 8.56. The van der Waals surface area contributed by atoms with Crippen molar-refractivity contribution < 1.29 is 14.6 Å². The van der Waals surface area contributed by atoms with E-state index in [0.29, 0.717) is 41.6 Å². The van der Waals surface area contributed by atoms with E-state index in [4.69, 9.17) is 4.74 Å². The van der Waals surface area contributed by atoms with Crippen LogP contribution in [0.1, 0.15) is 52.9 Å². The third-order valence-corrected chi connectivity index (χ3v) is 6.71. The van der Waals surface area contributed by atoms with Gasteiger partial charge in [0.15, 0.2) is 0 Å². The van der Waals surface area contributed by atoms with Gasteiger partial charge in [-0.3, -0.25) is 9.48 Å². The lowest BCUT2D eigenvalue weighted by molar-refractivity contribution is 0.0649. The van der Waals surface area contributed by atoms with E-state index in [9.17, 15) is 9.90 Å². The second kappa shape index (κ2) is 15.1. The summed E-state index contributed by atoms with van der Waals surface area (Å²) in [5.74, 6) is 6.80. The number of aryl methyl sites for hydroxylation is 2. The maximum absolute atomic E-state index is 13.0. The fourth-order valence-electron chi connectivity index (χ4n) is 4.11. The van der Waals surface area contributed by atoms with Gasteiger partial charge in [-0.1, -0.05) is 30.0 Å². The van der Waals surface area contributed by atoms with Crippen LogP contribution in [0.4, 0.5) is 17.3 Å². The molecule has 1 amide bonds. The standard InChI is InChI=1S/C33H40N8O3/c1-23-6-10-27(30(42)38-28-12-8-24(9-13-28)19-35-16-15-34-4)18-26(23)11-7-25-20-36-32(37-21-25)39-29-22-41(40-31(29)44-5)17-14-33(2,3)43/h6,8-10,12-13,18,20-22,34-35,43H,14-17,19H2,1-5H3,(H,38,42)(H,36,37,39). The SMILES string of the molecule is CNCCNCc1ccc(NC(=O)c2ccc(C)c(C#Cc3cnc(Nc4cn(CCC(C)(C)O)nc4OC)nc3)c2)cc1. The molecule has 2 aromatic carbocycles. The number of methoxy groups -OCH3 is 1. The van der Waals surface area contributed by atoms with Crippen molar-refractivity contribution in [2.75, 3.05) is 37.9 Å². The van der Waals surface area contributed by atoms with Crippen LogP contribution in [0.15, 0.2) is 61.1 Å². The highest BCUT2D eigenvalue weighted by molar-refractivity contribution is 6.04. The molecule has 11 heteroatoms. The zero-order valence-corrected chi connectivity index (χ0v) is 25.9. The predicted molar refractivity (Wildman–Crippen MR) is 172 cm³/mol. The van der Waals surface area contributed by atoms with Crippen LogP contribution < -0.4 is 26.0 Å². The van der Waals surface area contributed by atoms with Gasteiger partial charge in [0.1, 0.15) is 5.69 Å². The lowest BCUT2D eigenvalue weighted by atomic mass is 10.0. The average Bonchev–Trinajstić information content (AvgIpc) is 3.40. The molecule has 0 saturated carbocycles. The molecule has 4 rings (SSSR count). The number of nitrogens with one attached hydrogen (secondary N) is 4. The largest absolute Gasteiger partial charge is 0.478 e. The Labute approximate surface area is 258 Å². The van der Waals surface area contributed by atoms with E-state index in [1.54, 1.807) is 49.3 Å². The molecular formula is C33H40N8O3. The van der Waals surface area contributed by atoms with Crippen molar-refractivity contribution in [3.63, 3.8) is 0 Å². The Morgan fingerprint density at radius 2 is 1.82 bits per heavy atom. The minimum absolute atomic E-state index is 0.203. The van der Waals surface area contributed by atoms with Crippen LogP contribution >= 0.6 is 0 Å². The van der Waals surface area contributed by atoms with Crippen molar-refractivity contribution in [1.29, 1.82) is 0 Å². The number of amides is 1. The number of benzene rings is 2. The number of carbonyl (C=O) groups excluding carboxylic acids is 1. The van der Waals surface area contributed by atoms with Gasteiger partial charge in [0.2, 0.25) is 5.95 Å². The van der Waals surface area contributed by atoms with E-state index >= 15 is 0 Å². The number of aliphatic hydroxyl groups is 1. The van der Waals surface area contributed by atoms with Crippen LogP contribution in [0.5, 0.6) is 5.88 Å². The normalized spacial score (nSPS) is 11.0. The summed E-state index contributed by atoms with van der Waals surface area (Å²) in [6.07, 6.45) is 5.57. The molecular weight excluding hydrogens is 556 g/mol. The zero-order valence-electron chi connectivity index (χ0n) is 25.9. The number of likely N-dealkylation sites (N-methyl/N-ethyl adjacent to an activating group) is 1. The quantitative estimate of drug-likeness (QED) is 0.115. The molecule has 4 aromatic rings. The second-order valence-corrected chi connectivity index (χ2v) is 11.0. The van der Waals surface area contributed by atoms with Crippen LogP contribution in [-0.2, 0) is 13.1 Å². The molecule has 0 aliphatic heterocycles. The van der Waals surface area contributed by atoms with Crippen LogP contribution in [0.2, 0.25) is 0 Å². The molecule has 0 fully saturated rings. The number of ether oxygens (including phenoxy) is 1. The first kappa shape index (κ1) is 32.2.